The van der Waals surface area contributed by atoms with Crippen molar-refractivity contribution in [3.63, 3.8) is 0 Å². The molecule has 3 aromatic rings. The van der Waals surface area contributed by atoms with Crippen molar-refractivity contribution in [2.75, 3.05) is 35.9 Å². The van der Waals surface area contributed by atoms with Gasteiger partial charge in [-0.3, -0.25) is 4.90 Å². The Morgan fingerprint density at radius 1 is 1.28 bits per heavy atom. The standard InChI is InChI=1S/C23H28ClN3O4S/c1-4-26-10-5-6-18(26)15-25-20-14-19(13-17-9-11-31-23(17)20)27(24)32(28,29)22-12-16(2)7-8-21(22)30-3/h7-9,11-14,18,25H,4-6,10,15H2,1-3H3/t18-/m1/s1. The number of rotatable bonds is 8. The van der Waals surface area contributed by atoms with E-state index < -0.39 is 10.0 Å². The molecular formula is C23H28ClN3O4S. The number of likely N-dealkylation sites (N-methyl/N-ethyl adjacent to an activating group) is 1. The number of aryl methyl sites for hydroxylation is 1. The van der Waals surface area contributed by atoms with Gasteiger partial charge in [0.15, 0.2) is 5.58 Å². The lowest BCUT2D eigenvalue weighted by Gasteiger charge is -2.24. The van der Waals surface area contributed by atoms with Crippen molar-refractivity contribution in [1.82, 2.24) is 4.90 Å². The van der Waals surface area contributed by atoms with Gasteiger partial charge in [-0.25, -0.2) is 0 Å². The zero-order chi connectivity index (χ0) is 22.9. The first-order valence-electron chi connectivity index (χ1n) is 10.7. The predicted octanol–water partition coefficient (Wildman–Crippen LogP) is 5.00. The Morgan fingerprint density at radius 2 is 2.09 bits per heavy atom. The molecule has 2 aromatic carbocycles. The molecule has 0 spiro atoms. The first kappa shape index (κ1) is 22.8. The third-order valence-corrected chi connectivity index (χ3v) is 8.23. The van der Waals surface area contributed by atoms with E-state index in [0.717, 1.165) is 40.8 Å². The fraction of sp³-hybridized carbons (Fsp3) is 0.391. The lowest BCUT2D eigenvalue weighted by molar-refractivity contribution is 0.277. The smallest absolute Gasteiger partial charge is 0.281 e. The van der Waals surface area contributed by atoms with Crippen LogP contribution in [0.2, 0.25) is 0 Å². The number of benzene rings is 2. The van der Waals surface area contributed by atoms with Crippen molar-refractivity contribution in [1.29, 1.82) is 0 Å². The average molecular weight is 478 g/mol. The highest BCUT2D eigenvalue weighted by molar-refractivity contribution is 7.94. The van der Waals surface area contributed by atoms with E-state index in [1.807, 2.05) is 6.92 Å². The third-order valence-electron chi connectivity index (χ3n) is 5.98. The Hall–Kier alpha value is -2.42. The van der Waals surface area contributed by atoms with Gasteiger partial charge in [-0.05, 0) is 68.8 Å². The number of likely N-dealkylation sites (tertiary alicyclic amines) is 1. The van der Waals surface area contributed by atoms with Crippen LogP contribution in [0.15, 0.2) is 52.0 Å². The van der Waals surface area contributed by atoms with Crippen molar-refractivity contribution >= 4 is 44.1 Å². The minimum atomic E-state index is -4.06. The Bertz CT molecular complexity index is 1210. The van der Waals surface area contributed by atoms with Crippen LogP contribution in [0.25, 0.3) is 11.0 Å². The second-order valence-corrected chi connectivity index (χ2v) is 10.3. The van der Waals surface area contributed by atoms with Gasteiger partial charge >= 0.3 is 0 Å². The molecule has 0 saturated carbocycles. The zero-order valence-corrected chi connectivity index (χ0v) is 20.0. The van der Waals surface area contributed by atoms with Crippen LogP contribution in [0.4, 0.5) is 11.4 Å². The molecule has 2 heterocycles. The van der Waals surface area contributed by atoms with Gasteiger partial charge in [-0.1, -0.05) is 13.0 Å². The number of hydrogen-bond donors (Lipinski definition) is 1. The second-order valence-electron chi connectivity index (χ2n) is 8.01. The molecule has 1 N–H and O–H groups in total. The molecular weight excluding hydrogens is 450 g/mol. The summed E-state index contributed by atoms with van der Waals surface area (Å²) in [6.07, 6.45) is 3.90. The van der Waals surface area contributed by atoms with Crippen LogP contribution >= 0.6 is 11.8 Å². The van der Waals surface area contributed by atoms with Crippen LogP contribution in [-0.4, -0.2) is 46.1 Å². The number of nitrogens with zero attached hydrogens (tertiary/aromatic N) is 2. The Kier molecular flexibility index (Phi) is 6.55. The number of furan rings is 1. The molecule has 7 nitrogen and oxygen atoms in total. The summed E-state index contributed by atoms with van der Waals surface area (Å²) in [6, 6.07) is 10.6. The molecule has 172 valence electrons. The minimum Gasteiger partial charge on any atom is -0.495 e. The number of nitrogens with one attached hydrogen (secondary N) is 1. The summed E-state index contributed by atoms with van der Waals surface area (Å²) >= 11 is 6.45. The van der Waals surface area contributed by atoms with E-state index in [-0.39, 0.29) is 10.6 Å². The van der Waals surface area contributed by atoms with Crippen LogP contribution in [0.5, 0.6) is 5.75 Å². The van der Waals surface area contributed by atoms with E-state index in [2.05, 4.69) is 17.1 Å². The molecule has 0 unspecified atom stereocenters. The van der Waals surface area contributed by atoms with E-state index in [9.17, 15) is 8.42 Å². The topological polar surface area (TPSA) is 75.0 Å². The van der Waals surface area contributed by atoms with Gasteiger partial charge in [0.05, 0.1) is 24.7 Å². The highest BCUT2D eigenvalue weighted by atomic mass is 35.5. The van der Waals surface area contributed by atoms with Gasteiger partial charge in [0.2, 0.25) is 0 Å². The maximum Gasteiger partial charge on any atom is 0.281 e. The van der Waals surface area contributed by atoms with E-state index in [4.69, 9.17) is 20.9 Å². The predicted molar refractivity (Wildman–Crippen MR) is 128 cm³/mol. The summed E-state index contributed by atoms with van der Waals surface area (Å²) in [5, 5.41) is 4.22. The molecule has 0 radical (unpaired) electrons. The first-order chi connectivity index (χ1) is 15.3. The van der Waals surface area contributed by atoms with Crippen LogP contribution in [0.1, 0.15) is 25.3 Å². The highest BCUT2D eigenvalue weighted by Crippen LogP contribution is 2.37. The summed E-state index contributed by atoms with van der Waals surface area (Å²) in [7, 11) is -2.63. The number of fused-ring (bicyclic) bond motifs is 1. The van der Waals surface area contributed by atoms with Gasteiger partial charge in [-0.2, -0.15) is 12.2 Å². The van der Waals surface area contributed by atoms with Gasteiger partial charge in [0, 0.05) is 29.7 Å². The third kappa shape index (κ3) is 4.27. The zero-order valence-electron chi connectivity index (χ0n) is 18.5. The number of hydrogen-bond acceptors (Lipinski definition) is 6. The van der Waals surface area contributed by atoms with Gasteiger partial charge in [0.1, 0.15) is 10.6 Å². The highest BCUT2D eigenvalue weighted by Gasteiger charge is 2.29. The van der Waals surface area contributed by atoms with E-state index in [1.165, 1.54) is 13.5 Å². The molecule has 0 bridgehead atoms. The molecule has 1 aromatic heterocycles. The van der Waals surface area contributed by atoms with E-state index >= 15 is 0 Å². The molecule has 9 heteroatoms. The van der Waals surface area contributed by atoms with Crippen molar-refractivity contribution in [2.24, 2.45) is 0 Å². The number of sulfonamides is 1. The summed E-state index contributed by atoms with van der Waals surface area (Å²) < 4.78 is 38.4. The normalized spacial score (nSPS) is 17.1. The molecule has 1 fully saturated rings. The number of methoxy groups -OCH3 is 1. The van der Waals surface area contributed by atoms with Crippen molar-refractivity contribution < 1.29 is 17.6 Å². The monoisotopic (exact) mass is 477 g/mol. The second kappa shape index (κ2) is 9.21. The van der Waals surface area contributed by atoms with Crippen molar-refractivity contribution in [2.45, 2.75) is 37.6 Å². The molecule has 4 rings (SSSR count). The maximum absolute atomic E-state index is 13.4. The van der Waals surface area contributed by atoms with Gasteiger partial charge in [-0.15, -0.1) is 0 Å². The Labute approximate surface area is 194 Å². The van der Waals surface area contributed by atoms with Crippen LogP contribution < -0.4 is 13.9 Å². The summed E-state index contributed by atoms with van der Waals surface area (Å²) in [4.78, 5) is 2.46. The molecule has 0 amide bonds. The Balaban J connectivity index is 1.68. The van der Waals surface area contributed by atoms with Crippen molar-refractivity contribution in [3.8, 4) is 5.75 Å². The number of halogens is 1. The van der Waals surface area contributed by atoms with Gasteiger partial charge in [0.25, 0.3) is 10.0 Å². The fourth-order valence-electron chi connectivity index (χ4n) is 4.28. The fourth-order valence-corrected chi connectivity index (χ4v) is 5.90. The Morgan fingerprint density at radius 3 is 2.84 bits per heavy atom. The molecule has 32 heavy (non-hydrogen) atoms. The van der Waals surface area contributed by atoms with Crippen LogP contribution in [0.3, 0.4) is 0 Å². The van der Waals surface area contributed by atoms with Crippen LogP contribution in [-0.2, 0) is 10.0 Å². The van der Waals surface area contributed by atoms with Gasteiger partial charge < -0.3 is 14.5 Å². The lowest BCUT2D eigenvalue weighted by atomic mass is 10.2. The summed E-state index contributed by atoms with van der Waals surface area (Å²) in [6.45, 7) is 6.84. The molecule has 1 atom stereocenters. The first-order valence-corrected chi connectivity index (χ1v) is 12.5. The largest absolute Gasteiger partial charge is 0.495 e. The van der Waals surface area contributed by atoms with Crippen LogP contribution in [0, 0.1) is 6.92 Å². The molecule has 1 aliphatic rings. The van der Waals surface area contributed by atoms with Crippen molar-refractivity contribution in [3.05, 3.63) is 48.2 Å². The summed E-state index contributed by atoms with van der Waals surface area (Å²) in [5.41, 5.74) is 2.50. The molecule has 1 saturated heterocycles. The SMILES string of the molecule is CCN1CCC[C@@H]1CNc1cc(N(Cl)S(=O)(=O)c2cc(C)ccc2OC)cc2ccoc12. The number of ether oxygens (including phenoxy) is 1. The lowest BCUT2D eigenvalue weighted by Crippen LogP contribution is -2.34. The van der Waals surface area contributed by atoms with E-state index in [0.29, 0.717) is 23.0 Å². The minimum absolute atomic E-state index is 0.0151. The number of anilines is 2. The maximum atomic E-state index is 13.4. The molecule has 0 aliphatic carbocycles. The average Bonchev–Trinajstić information content (AvgIpc) is 3.45. The molecule has 1 aliphatic heterocycles. The summed E-state index contributed by atoms with van der Waals surface area (Å²) in [5.74, 6) is 0.241. The van der Waals surface area contributed by atoms with E-state index in [1.54, 1.807) is 42.7 Å². The quantitative estimate of drug-likeness (QED) is 0.460.